The summed E-state index contributed by atoms with van der Waals surface area (Å²) in [6.07, 6.45) is 1.66. The van der Waals surface area contributed by atoms with Crippen LogP contribution >= 0.6 is 0 Å². The highest BCUT2D eigenvalue weighted by atomic mass is 32.2. The topological polar surface area (TPSA) is 97.3 Å². The normalized spacial score (nSPS) is 16.9. The zero-order chi connectivity index (χ0) is 25.4. The van der Waals surface area contributed by atoms with Crippen LogP contribution in [0, 0.1) is 12.7 Å². The van der Waals surface area contributed by atoms with Crippen LogP contribution in [0.3, 0.4) is 0 Å². The number of fused-ring (bicyclic) bond motifs is 1. The summed E-state index contributed by atoms with van der Waals surface area (Å²) in [7, 11) is -1.91. The van der Waals surface area contributed by atoms with Crippen molar-refractivity contribution in [2.75, 3.05) is 48.5 Å². The van der Waals surface area contributed by atoms with Gasteiger partial charge in [0.05, 0.1) is 46.2 Å². The molecule has 8 nitrogen and oxygen atoms in total. The van der Waals surface area contributed by atoms with Gasteiger partial charge in [-0.05, 0) is 26.0 Å². The van der Waals surface area contributed by atoms with E-state index in [1.165, 1.54) is 12.1 Å². The van der Waals surface area contributed by atoms with E-state index in [4.69, 9.17) is 0 Å². The number of aromatic nitrogens is 3. The maximum absolute atomic E-state index is 15.1. The van der Waals surface area contributed by atoms with Crippen LogP contribution in [0.15, 0.2) is 30.5 Å². The summed E-state index contributed by atoms with van der Waals surface area (Å²) in [6, 6.07) is 4.95. The highest BCUT2D eigenvalue weighted by molar-refractivity contribution is 7.91. The second-order valence-corrected chi connectivity index (χ2v) is 10.9. The van der Waals surface area contributed by atoms with Crippen molar-refractivity contribution in [1.29, 1.82) is 0 Å². The van der Waals surface area contributed by atoms with E-state index in [0.29, 0.717) is 35.5 Å². The van der Waals surface area contributed by atoms with Gasteiger partial charge in [-0.25, -0.2) is 12.8 Å². The third-order valence-electron chi connectivity index (χ3n) is 6.05. The van der Waals surface area contributed by atoms with Gasteiger partial charge in [-0.15, -0.1) is 5.10 Å². The van der Waals surface area contributed by atoms with Crippen LogP contribution in [-0.2, 0) is 20.5 Å². The summed E-state index contributed by atoms with van der Waals surface area (Å²) in [5.74, 6) is -4.07. The van der Waals surface area contributed by atoms with Gasteiger partial charge in [0.1, 0.15) is 12.4 Å². The molecule has 0 unspecified atom stereocenters. The van der Waals surface area contributed by atoms with E-state index in [2.05, 4.69) is 25.2 Å². The van der Waals surface area contributed by atoms with Crippen molar-refractivity contribution in [3.63, 3.8) is 0 Å². The zero-order valence-corrected chi connectivity index (χ0v) is 20.4. The monoisotopic (exact) mass is 509 g/mol. The third kappa shape index (κ3) is 5.18. The minimum absolute atomic E-state index is 0.0409. The van der Waals surface area contributed by atoms with Crippen molar-refractivity contribution in [1.82, 2.24) is 15.2 Å². The highest BCUT2D eigenvalue weighted by Gasteiger charge is 2.36. The first-order valence-electron chi connectivity index (χ1n) is 11.0. The number of ether oxygens (including phenoxy) is 1. The Hall–Kier alpha value is -2.99. The Morgan fingerprint density at radius 2 is 1.94 bits per heavy atom. The van der Waals surface area contributed by atoms with E-state index < -0.39 is 39.8 Å². The molecule has 1 aliphatic rings. The summed E-state index contributed by atoms with van der Waals surface area (Å²) in [4.78, 5) is 6.42. The van der Waals surface area contributed by atoms with E-state index in [1.54, 1.807) is 20.0 Å². The molecule has 0 saturated carbocycles. The number of nitrogens with one attached hydrogen (secondary N) is 1. The van der Waals surface area contributed by atoms with Gasteiger partial charge in [-0.2, -0.15) is 13.9 Å². The molecule has 3 aromatic rings. The Balaban J connectivity index is 1.67. The van der Waals surface area contributed by atoms with Crippen LogP contribution in [0.4, 0.5) is 24.7 Å². The molecule has 1 N–H and O–H groups in total. The lowest BCUT2D eigenvalue weighted by atomic mass is 10.00. The molecular weight excluding hydrogens is 483 g/mol. The molecule has 35 heavy (non-hydrogen) atoms. The first-order chi connectivity index (χ1) is 16.5. The van der Waals surface area contributed by atoms with Crippen molar-refractivity contribution >= 4 is 32.2 Å². The Bertz CT molecular complexity index is 1340. The summed E-state index contributed by atoms with van der Waals surface area (Å²) in [5.41, 5.74) is 1.18. The van der Waals surface area contributed by atoms with Gasteiger partial charge in [0.2, 0.25) is 0 Å². The van der Waals surface area contributed by atoms with E-state index in [0.717, 1.165) is 18.9 Å². The second-order valence-electron chi connectivity index (χ2n) is 8.57. The van der Waals surface area contributed by atoms with Gasteiger partial charge in [0, 0.05) is 31.1 Å². The molecular formula is C23H26F3N5O3S. The molecule has 3 heterocycles. The van der Waals surface area contributed by atoms with Crippen molar-refractivity contribution in [2.24, 2.45) is 0 Å². The zero-order valence-electron chi connectivity index (χ0n) is 19.6. The standard InChI is InChI=1S/C23H26F3N5O3S/c1-14(17-5-4-6-19(20(17)24)23(25,26)13-34-3)28-22-18-11-16(12-27-21(18)15(2)29-30-22)31-7-9-35(32,33)10-8-31/h4-6,11-12,14H,7-10,13H2,1-3H3,(H,28,30)/t14-/m1/s1. The van der Waals surface area contributed by atoms with Gasteiger partial charge in [0.15, 0.2) is 15.7 Å². The number of pyridine rings is 1. The fourth-order valence-corrected chi connectivity index (χ4v) is 5.31. The lowest BCUT2D eigenvalue weighted by Gasteiger charge is -2.28. The summed E-state index contributed by atoms with van der Waals surface area (Å²) >= 11 is 0. The van der Waals surface area contributed by atoms with Crippen molar-refractivity contribution in [3.8, 4) is 0 Å². The van der Waals surface area contributed by atoms with Crippen LogP contribution in [0.2, 0.25) is 0 Å². The average molecular weight is 510 g/mol. The molecule has 2 aromatic heterocycles. The van der Waals surface area contributed by atoms with E-state index >= 15 is 4.39 Å². The van der Waals surface area contributed by atoms with Gasteiger partial charge >= 0.3 is 0 Å². The Kier molecular flexibility index (Phi) is 6.87. The summed E-state index contributed by atoms with van der Waals surface area (Å²) < 4.78 is 71.9. The smallest absolute Gasteiger partial charge is 0.298 e. The lowest BCUT2D eigenvalue weighted by molar-refractivity contribution is -0.0722. The lowest BCUT2D eigenvalue weighted by Crippen LogP contribution is -2.40. The largest absolute Gasteiger partial charge is 0.378 e. The molecule has 0 aliphatic carbocycles. The first kappa shape index (κ1) is 25.1. The van der Waals surface area contributed by atoms with Crippen LogP contribution in [0.5, 0.6) is 0 Å². The maximum atomic E-state index is 15.1. The minimum Gasteiger partial charge on any atom is -0.378 e. The molecule has 1 saturated heterocycles. The van der Waals surface area contributed by atoms with Crippen molar-refractivity contribution in [2.45, 2.75) is 25.8 Å². The maximum Gasteiger partial charge on any atom is 0.298 e. The first-order valence-corrected chi connectivity index (χ1v) is 12.8. The van der Waals surface area contributed by atoms with Gasteiger partial charge < -0.3 is 15.0 Å². The Labute approximate surface area is 201 Å². The van der Waals surface area contributed by atoms with Crippen LogP contribution in [0.1, 0.15) is 29.8 Å². The second kappa shape index (κ2) is 9.57. The van der Waals surface area contributed by atoms with Crippen LogP contribution in [0.25, 0.3) is 10.9 Å². The number of sulfone groups is 1. The van der Waals surface area contributed by atoms with Crippen molar-refractivity contribution in [3.05, 3.63) is 53.1 Å². The average Bonchev–Trinajstić information content (AvgIpc) is 2.80. The number of halogens is 3. The number of anilines is 2. The van der Waals surface area contributed by atoms with Gasteiger partial charge in [-0.1, -0.05) is 12.1 Å². The predicted molar refractivity (Wildman–Crippen MR) is 127 cm³/mol. The molecule has 0 amide bonds. The van der Waals surface area contributed by atoms with E-state index in [-0.39, 0.29) is 17.1 Å². The molecule has 1 aromatic carbocycles. The molecule has 0 bridgehead atoms. The molecule has 188 valence electrons. The number of hydrogen-bond acceptors (Lipinski definition) is 8. The summed E-state index contributed by atoms with van der Waals surface area (Å²) in [5, 5.41) is 12.0. The number of nitrogens with zero attached hydrogens (tertiary/aromatic N) is 4. The number of hydrogen-bond donors (Lipinski definition) is 1. The molecule has 1 fully saturated rings. The number of aryl methyl sites for hydroxylation is 1. The molecule has 1 aliphatic heterocycles. The number of methoxy groups -OCH3 is 1. The number of benzene rings is 1. The molecule has 0 spiro atoms. The highest BCUT2D eigenvalue weighted by Crippen LogP contribution is 2.35. The SMILES string of the molecule is COCC(F)(F)c1cccc([C@@H](C)Nc2nnc(C)c3ncc(N4CCS(=O)(=O)CC4)cc23)c1F. The van der Waals surface area contributed by atoms with Crippen molar-refractivity contribution < 1.29 is 26.3 Å². The van der Waals surface area contributed by atoms with Gasteiger partial charge in [-0.3, -0.25) is 4.98 Å². The fourth-order valence-electron chi connectivity index (χ4n) is 4.11. The van der Waals surface area contributed by atoms with E-state index in [9.17, 15) is 17.2 Å². The molecule has 12 heteroatoms. The number of alkyl halides is 2. The molecule has 0 radical (unpaired) electrons. The number of rotatable bonds is 7. The minimum atomic E-state index is -3.48. The molecule has 4 rings (SSSR count). The summed E-state index contributed by atoms with van der Waals surface area (Å²) in [6.45, 7) is 3.15. The van der Waals surface area contributed by atoms with Crippen LogP contribution in [-0.4, -0.2) is 61.9 Å². The quantitative estimate of drug-likeness (QED) is 0.516. The van der Waals surface area contributed by atoms with E-state index in [1.807, 2.05) is 11.0 Å². The predicted octanol–water partition coefficient (Wildman–Crippen LogP) is 3.62. The molecule has 1 atom stereocenters. The van der Waals surface area contributed by atoms with Gasteiger partial charge in [0.25, 0.3) is 5.92 Å². The van der Waals surface area contributed by atoms with Crippen LogP contribution < -0.4 is 10.2 Å². The third-order valence-corrected chi connectivity index (χ3v) is 7.66. The Morgan fingerprint density at radius 1 is 1.23 bits per heavy atom. The Morgan fingerprint density at radius 3 is 2.63 bits per heavy atom. The fraction of sp³-hybridized carbons (Fsp3) is 0.435.